The zero-order chi connectivity index (χ0) is 56.6. The van der Waals surface area contributed by atoms with Gasteiger partial charge in [0.15, 0.2) is 12.6 Å². The van der Waals surface area contributed by atoms with Crippen LogP contribution in [-0.2, 0) is 57.3 Å². The van der Waals surface area contributed by atoms with Gasteiger partial charge in [0.2, 0.25) is 41.4 Å². The molecule has 0 aliphatic carbocycles. The molecule has 14 N–H and O–H groups in total. The highest BCUT2D eigenvalue weighted by atomic mass is 16.7. The van der Waals surface area contributed by atoms with Crippen LogP contribution in [0.25, 0.3) is 0 Å². The Balaban J connectivity index is 1.86. The van der Waals surface area contributed by atoms with Crippen LogP contribution in [0.2, 0.25) is 0 Å². The molecule has 25 heteroatoms. The van der Waals surface area contributed by atoms with E-state index in [1.165, 1.54) is 84.0 Å². The number of hydrogen-bond acceptors (Lipinski definition) is 17. The zero-order valence-corrected chi connectivity index (χ0v) is 45.0. The number of rotatable bonds is 40. The number of carboxylic acid groups (broad SMARTS) is 1. The predicted molar refractivity (Wildman–Crippen MR) is 274 cm³/mol. The summed E-state index contributed by atoms with van der Waals surface area (Å²) in [6, 6.07) is -6.97. The van der Waals surface area contributed by atoms with E-state index in [1.807, 2.05) is 0 Å². The monoisotopic (exact) mass is 1090 g/mol. The van der Waals surface area contributed by atoms with Crippen LogP contribution in [0.3, 0.4) is 0 Å². The molecule has 25 nitrogen and oxygen atoms in total. The molecular weight excluding hydrogens is 999 g/mol. The van der Waals surface area contributed by atoms with E-state index in [-0.39, 0.29) is 25.2 Å². The van der Waals surface area contributed by atoms with Gasteiger partial charge in [-0.1, -0.05) is 104 Å². The Labute approximate surface area is 446 Å². The average molecular weight is 1090 g/mol. The van der Waals surface area contributed by atoms with Gasteiger partial charge in [0.05, 0.1) is 13.2 Å². The van der Waals surface area contributed by atoms with Crippen molar-refractivity contribution in [2.45, 2.75) is 248 Å². The van der Waals surface area contributed by atoms with Crippen molar-refractivity contribution in [1.82, 2.24) is 31.9 Å². The lowest BCUT2D eigenvalue weighted by Crippen LogP contribution is -2.69. The Kier molecular flexibility index (Phi) is 33.8. The third kappa shape index (κ3) is 25.7. The zero-order valence-electron chi connectivity index (χ0n) is 45.0. The lowest BCUT2D eigenvalue weighted by atomic mass is 9.94. The number of hydrogen-bond donors (Lipinski definition) is 13. The summed E-state index contributed by atoms with van der Waals surface area (Å²) in [6.45, 7) is 3.77. The summed E-state index contributed by atoms with van der Waals surface area (Å²) in [6.07, 6.45) is 6.12. The molecule has 0 aromatic carbocycles. The SMILES string of the molecule is CCCCCCCCCCCCCCCCCC(=O)NCCCC[C@H](NC(=O)CC[C@@H](NC(=O)[C@H](CC)NC(=O)CO[C@H]1[C@H](O[C@@H]2O[C@H](CO)[C@@H](O)[C@H](O)[C@H]2NC(C)=O)[C@@H](CO)OC(O)[C@@H]1NC(C)=O)C(N)=O)C(=O)O. The van der Waals surface area contributed by atoms with Crippen LogP contribution < -0.4 is 37.6 Å². The maximum atomic E-state index is 13.4. The molecule has 2 saturated heterocycles. The van der Waals surface area contributed by atoms with Gasteiger partial charge in [-0.15, -0.1) is 0 Å². The first kappa shape index (κ1) is 67.5. The number of unbranched alkanes of at least 4 members (excludes halogenated alkanes) is 15. The largest absolute Gasteiger partial charge is 0.480 e. The van der Waals surface area contributed by atoms with Gasteiger partial charge in [-0.25, -0.2) is 4.79 Å². The van der Waals surface area contributed by atoms with Gasteiger partial charge in [0.25, 0.3) is 0 Å². The predicted octanol–water partition coefficient (Wildman–Crippen LogP) is -0.323. The van der Waals surface area contributed by atoms with Crippen molar-refractivity contribution in [2.24, 2.45) is 5.73 Å². The molecule has 2 aliphatic heterocycles. The van der Waals surface area contributed by atoms with Crippen molar-refractivity contribution in [3.05, 3.63) is 0 Å². The number of nitrogens with two attached hydrogens (primary N) is 1. The number of primary amides is 1. The van der Waals surface area contributed by atoms with Gasteiger partial charge < -0.3 is 87.2 Å². The molecular formula is C51H91N7O18. The van der Waals surface area contributed by atoms with Crippen LogP contribution in [0, 0.1) is 0 Å². The second kappa shape index (κ2) is 38.0. The Morgan fingerprint density at radius 2 is 1.13 bits per heavy atom. The fourth-order valence-electron chi connectivity index (χ4n) is 9.12. The normalized spacial score (nSPS) is 24.5. The fraction of sp³-hybridized carbons (Fsp3) is 0.843. The molecule has 2 fully saturated rings. The van der Waals surface area contributed by atoms with E-state index in [1.54, 1.807) is 0 Å². The van der Waals surface area contributed by atoms with Crippen molar-refractivity contribution in [3.8, 4) is 0 Å². The molecule has 2 aliphatic rings. The Morgan fingerprint density at radius 1 is 0.579 bits per heavy atom. The average Bonchev–Trinajstić information content (AvgIpc) is 3.37. The first-order valence-corrected chi connectivity index (χ1v) is 27.3. The van der Waals surface area contributed by atoms with E-state index in [0.29, 0.717) is 25.8 Å². The minimum atomic E-state index is -1.86. The third-order valence-corrected chi connectivity index (χ3v) is 13.4. The number of aliphatic hydroxyl groups is 5. The van der Waals surface area contributed by atoms with Gasteiger partial charge in [0, 0.05) is 33.2 Å². The van der Waals surface area contributed by atoms with E-state index in [4.69, 9.17) is 24.7 Å². The number of amides is 7. The molecule has 0 aromatic rings. The van der Waals surface area contributed by atoms with Crippen LogP contribution >= 0.6 is 0 Å². The number of ether oxygens (including phenoxy) is 4. The molecule has 7 amide bonds. The van der Waals surface area contributed by atoms with Crippen molar-refractivity contribution < 1.29 is 87.9 Å². The van der Waals surface area contributed by atoms with E-state index >= 15 is 0 Å². The van der Waals surface area contributed by atoms with Crippen LogP contribution in [0.4, 0.5) is 0 Å². The van der Waals surface area contributed by atoms with Crippen molar-refractivity contribution in [3.63, 3.8) is 0 Å². The van der Waals surface area contributed by atoms with Gasteiger partial charge in [-0.2, -0.15) is 0 Å². The molecule has 76 heavy (non-hydrogen) atoms. The molecule has 2 heterocycles. The van der Waals surface area contributed by atoms with Crippen LogP contribution in [0.15, 0.2) is 0 Å². The van der Waals surface area contributed by atoms with Crippen LogP contribution in [-0.4, -0.2) is 184 Å². The molecule has 13 atom stereocenters. The van der Waals surface area contributed by atoms with Gasteiger partial charge in [-0.3, -0.25) is 33.6 Å². The lowest BCUT2D eigenvalue weighted by Gasteiger charge is -2.48. The molecule has 0 aromatic heterocycles. The Hall–Kier alpha value is -4.60. The molecule has 438 valence electrons. The highest BCUT2D eigenvalue weighted by molar-refractivity contribution is 5.92. The summed E-state index contributed by atoms with van der Waals surface area (Å²) in [4.78, 5) is 101. The maximum Gasteiger partial charge on any atom is 0.326 e. The highest BCUT2D eigenvalue weighted by Gasteiger charge is 2.52. The van der Waals surface area contributed by atoms with Crippen LogP contribution in [0.1, 0.15) is 169 Å². The number of carbonyl (C=O) groups excluding carboxylic acids is 7. The fourth-order valence-corrected chi connectivity index (χ4v) is 9.12. The number of carboxylic acids is 1. The molecule has 2 rings (SSSR count). The third-order valence-electron chi connectivity index (χ3n) is 13.4. The second-order valence-corrected chi connectivity index (χ2v) is 19.8. The number of nitrogens with one attached hydrogen (secondary N) is 6. The molecule has 1 unspecified atom stereocenters. The van der Waals surface area contributed by atoms with E-state index in [2.05, 4.69) is 38.8 Å². The summed E-state index contributed by atoms with van der Waals surface area (Å²) >= 11 is 0. The van der Waals surface area contributed by atoms with E-state index in [9.17, 15) is 69.0 Å². The van der Waals surface area contributed by atoms with Crippen molar-refractivity contribution in [2.75, 3.05) is 26.4 Å². The van der Waals surface area contributed by atoms with Crippen molar-refractivity contribution >= 4 is 47.3 Å². The highest BCUT2D eigenvalue weighted by Crippen LogP contribution is 2.30. The number of aliphatic hydroxyl groups excluding tert-OH is 5. The summed E-state index contributed by atoms with van der Waals surface area (Å²) in [7, 11) is 0. The minimum absolute atomic E-state index is 0.0420. The van der Waals surface area contributed by atoms with E-state index in [0.717, 1.165) is 33.1 Å². The van der Waals surface area contributed by atoms with Gasteiger partial charge in [0.1, 0.15) is 73.4 Å². The first-order chi connectivity index (χ1) is 36.3. The number of aliphatic carboxylic acids is 1. The first-order valence-electron chi connectivity index (χ1n) is 27.3. The van der Waals surface area contributed by atoms with Gasteiger partial charge >= 0.3 is 5.97 Å². The molecule has 0 bridgehead atoms. The standard InChI is InChI=1S/C51H91N7O18/c1-5-7-8-9-10-11-12-13-14-15-16-17-18-19-20-24-38(63)53-27-22-21-23-35(49(70)71)57-39(64)26-25-34(47(52)68)58-48(69)33(6-2)56-40(65)30-73-46-42(55-32(4)62)50(72)74-37(29-60)45(46)76-51-41(54-31(3)61)44(67)43(66)36(28-59)75-51/h33-37,41-46,50-51,59-60,66-67,72H,5-30H2,1-4H3,(H2,52,68)(H,53,63)(H,54,61)(H,55,62)(H,56,65)(H,57,64)(H,58,69)(H,70,71)/t33-,34+,35-,36+,37+,41+,42+,43+,44+,45+,46+,50?,51-/m0/s1. The minimum Gasteiger partial charge on any atom is -0.480 e. The molecule has 0 saturated carbocycles. The van der Waals surface area contributed by atoms with E-state index < -0.39 is 147 Å². The Bertz CT molecular complexity index is 1770. The lowest BCUT2D eigenvalue weighted by molar-refractivity contribution is -0.331. The smallest absolute Gasteiger partial charge is 0.326 e. The quantitative estimate of drug-likeness (QED) is 0.0350. The molecule has 0 spiro atoms. The van der Waals surface area contributed by atoms with Crippen LogP contribution in [0.5, 0.6) is 0 Å². The molecule has 0 radical (unpaired) electrons. The summed E-state index contributed by atoms with van der Waals surface area (Å²) in [5, 5.41) is 76.9. The maximum absolute atomic E-state index is 13.4. The summed E-state index contributed by atoms with van der Waals surface area (Å²) < 4.78 is 23.0. The number of carbonyl (C=O) groups is 8. The van der Waals surface area contributed by atoms with Crippen molar-refractivity contribution in [1.29, 1.82) is 0 Å². The summed E-state index contributed by atoms with van der Waals surface area (Å²) in [5.74, 6) is -6.31. The Morgan fingerprint density at radius 3 is 1.66 bits per heavy atom. The van der Waals surface area contributed by atoms with Gasteiger partial charge in [-0.05, 0) is 38.5 Å². The topological polar surface area (TPSA) is 393 Å². The summed E-state index contributed by atoms with van der Waals surface area (Å²) in [5.41, 5.74) is 5.54. The second-order valence-electron chi connectivity index (χ2n) is 19.8.